The number of likely N-dealkylation sites (tertiary alicyclic amines) is 1. The number of carbonyl (C=O) groups excluding carboxylic acids is 1. The normalized spacial score (nSPS) is 25.0. The molecule has 0 aliphatic carbocycles. The largest absolute Gasteiger partial charge is 0.350 e. The molecule has 3 aliphatic heterocycles. The molecule has 0 N–H and O–H groups in total. The van der Waals surface area contributed by atoms with Crippen LogP contribution < -0.4 is 0 Å². The third kappa shape index (κ3) is 4.77. The molecule has 0 aromatic rings. The van der Waals surface area contributed by atoms with Crippen LogP contribution in [0.5, 0.6) is 0 Å². The fourth-order valence-electron chi connectivity index (χ4n) is 4.14. The molecule has 0 atom stereocenters. The highest BCUT2D eigenvalue weighted by Gasteiger charge is 2.36. The molecule has 0 unspecified atom stereocenters. The van der Waals surface area contributed by atoms with E-state index in [0.29, 0.717) is 51.5 Å². The van der Waals surface area contributed by atoms with Crippen molar-refractivity contribution in [1.82, 2.24) is 9.21 Å². The van der Waals surface area contributed by atoms with E-state index in [0.717, 1.165) is 32.4 Å². The lowest BCUT2D eigenvalue weighted by atomic mass is 9.92. The maximum Gasteiger partial charge on any atom is 0.225 e. The van der Waals surface area contributed by atoms with E-state index < -0.39 is 10.0 Å². The highest BCUT2D eigenvalue weighted by atomic mass is 32.2. The Hall–Kier alpha value is -0.700. The summed E-state index contributed by atoms with van der Waals surface area (Å²) in [4.78, 5) is 14.8. The van der Waals surface area contributed by atoms with Crippen LogP contribution in [0.4, 0.5) is 0 Å². The maximum absolute atomic E-state index is 12.8. The molecule has 0 bridgehead atoms. The summed E-state index contributed by atoms with van der Waals surface area (Å²) in [5.41, 5.74) is 0. The second-order valence-corrected chi connectivity index (χ2v) is 9.70. The lowest BCUT2D eigenvalue weighted by Crippen LogP contribution is -2.47. The Labute approximate surface area is 157 Å². The number of rotatable bonds is 6. The third-order valence-corrected chi connectivity index (χ3v) is 7.79. The number of unbranched alkanes of at least 4 members (excludes halogenated alkanes) is 1. The van der Waals surface area contributed by atoms with Gasteiger partial charge in [-0.05, 0) is 32.1 Å². The molecule has 0 saturated carbocycles. The van der Waals surface area contributed by atoms with Crippen molar-refractivity contribution in [1.29, 1.82) is 0 Å². The molecule has 150 valence electrons. The molecule has 3 rings (SSSR count). The Kier molecular flexibility index (Phi) is 6.93. The molecule has 7 nitrogen and oxygen atoms in total. The van der Waals surface area contributed by atoms with Crippen LogP contribution in [0.3, 0.4) is 0 Å². The zero-order valence-electron chi connectivity index (χ0n) is 15.8. The van der Waals surface area contributed by atoms with E-state index in [1.807, 2.05) is 11.8 Å². The Morgan fingerprint density at radius 2 is 1.62 bits per heavy atom. The van der Waals surface area contributed by atoms with Crippen LogP contribution in [0.2, 0.25) is 0 Å². The van der Waals surface area contributed by atoms with Gasteiger partial charge in [0.1, 0.15) is 0 Å². The van der Waals surface area contributed by atoms with Crippen LogP contribution in [0.25, 0.3) is 0 Å². The van der Waals surface area contributed by atoms with Crippen LogP contribution >= 0.6 is 0 Å². The lowest BCUT2D eigenvalue weighted by Gasteiger charge is -2.37. The lowest BCUT2D eigenvalue weighted by molar-refractivity contribution is -0.142. The number of carbonyl (C=O) groups is 1. The predicted molar refractivity (Wildman–Crippen MR) is 98.0 cm³/mol. The summed E-state index contributed by atoms with van der Waals surface area (Å²) >= 11 is 0. The van der Waals surface area contributed by atoms with Crippen molar-refractivity contribution in [3.63, 3.8) is 0 Å². The zero-order chi connectivity index (χ0) is 18.6. The van der Waals surface area contributed by atoms with Crippen molar-refractivity contribution in [3.05, 3.63) is 0 Å². The third-order valence-electron chi connectivity index (χ3n) is 5.84. The van der Waals surface area contributed by atoms with Crippen molar-refractivity contribution in [2.75, 3.05) is 45.1 Å². The van der Waals surface area contributed by atoms with Gasteiger partial charge in [0.25, 0.3) is 0 Å². The molecule has 3 heterocycles. The van der Waals surface area contributed by atoms with Gasteiger partial charge in [0.05, 0.1) is 19.0 Å². The van der Waals surface area contributed by atoms with Gasteiger partial charge in [0.2, 0.25) is 15.9 Å². The molecule has 0 radical (unpaired) electrons. The van der Waals surface area contributed by atoms with Gasteiger partial charge in [0.15, 0.2) is 6.29 Å². The van der Waals surface area contributed by atoms with Gasteiger partial charge in [-0.25, -0.2) is 12.7 Å². The number of piperidine rings is 2. The molecule has 0 spiro atoms. The highest BCUT2D eigenvalue weighted by Crippen LogP contribution is 2.28. The molecular weight excluding hydrogens is 356 g/mol. The Morgan fingerprint density at radius 3 is 2.19 bits per heavy atom. The van der Waals surface area contributed by atoms with E-state index in [9.17, 15) is 13.2 Å². The summed E-state index contributed by atoms with van der Waals surface area (Å²) in [6, 6.07) is 0. The van der Waals surface area contributed by atoms with Crippen molar-refractivity contribution in [3.8, 4) is 0 Å². The van der Waals surface area contributed by atoms with Crippen LogP contribution in [-0.4, -0.2) is 75.0 Å². The van der Waals surface area contributed by atoms with E-state index in [2.05, 4.69) is 0 Å². The van der Waals surface area contributed by atoms with E-state index in [4.69, 9.17) is 9.47 Å². The highest BCUT2D eigenvalue weighted by molar-refractivity contribution is 7.89. The van der Waals surface area contributed by atoms with Crippen LogP contribution in [0.1, 0.15) is 45.4 Å². The molecule has 0 aromatic heterocycles. The second-order valence-electron chi connectivity index (χ2n) is 7.62. The number of nitrogens with zero attached hydrogens (tertiary/aromatic N) is 2. The summed E-state index contributed by atoms with van der Waals surface area (Å²) in [7, 11) is -3.16. The van der Waals surface area contributed by atoms with Gasteiger partial charge < -0.3 is 14.4 Å². The van der Waals surface area contributed by atoms with Gasteiger partial charge in [-0.3, -0.25) is 4.79 Å². The summed E-state index contributed by atoms with van der Waals surface area (Å²) < 4.78 is 37.3. The van der Waals surface area contributed by atoms with Gasteiger partial charge >= 0.3 is 0 Å². The van der Waals surface area contributed by atoms with Gasteiger partial charge in [-0.15, -0.1) is 0 Å². The summed E-state index contributed by atoms with van der Waals surface area (Å²) in [6.45, 7) is 5.79. The summed E-state index contributed by atoms with van der Waals surface area (Å²) in [5.74, 6) is 0.763. The Balaban J connectivity index is 1.44. The first-order valence-corrected chi connectivity index (χ1v) is 11.6. The van der Waals surface area contributed by atoms with Crippen molar-refractivity contribution in [2.45, 2.75) is 51.7 Å². The standard InChI is InChI=1S/C18H32N2O5S/c1-2-3-14-26(22,23)20-10-6-15(7-11-20)17(21)19-8-4-16(5-9-19)18-24-12-13-25-18/h15-16,18H,2-14H2,1H3. The monoisotopic (exact) mass is 388 g/mol. The first kappa shape index (κ1) is 20.0. The van der Waals surface area contributed by atoms with E-state index >= 15 is 0 Å². The molecule has 3 aliphatic rings. The first-order chi connectivity index (χ1) is 12.5. The van der Waals surface area contributed by atoms with Crippen LogP contribution in [0, 0.1) is 11.8 Å². The number of sulfonamides is 1. The van der Waals surface area contributed by atoms with Gasteiger partial charge in [-0.2, -0.15) is 0 Å². The minimum atomic E-state index is -3.16. The molecule has 8 heteroatoms. The Bertz CT molecular complexity index is 560. The molecule has 0 aromatic carbocycles. The number of hydrogen-bond donors (Lipinski definition) is 0. The molecule has 1 amide bonds. The van der Waals surface area contributed by atoms with E-state index in [1.54, 1.807) is 4.31 Å². The summed E-state index contributed by atoms with van der Waals surface area (Å²) in [5, 5.41) is 0. The number of ether oxygens (including phenoxy) is 2. The van der Waals surface area contributed by atoms with Crippen molar-refractivity contribution < 1.29 is 22.7 Å². The maximum atomic E-state index is 12.8. The first-order valence-electron chi connectivity index (χ1n) is 10.0. The van der Waals surface area contributed by atoms with Crippen molar-refractivity contribution in [2.24, 2.45) is 11.8 Å². The summed E-state index contributed by atoms with van der Waals surface area (Å²) in [6.07, 6.45) is 4.59. The average Bonchev–Trinajstić information content (AvgIpc) is 3.21. The number of hydrogen-bond acceptors (Lipinski definition) is 5. The number of amides is 1. The van der Waals surface area contributed by atoms with Gasteiger partial charge in [-0.1, -0.05) is 13.3 Å². The quantitative estimate of drug-likeness (QED) is 0.688. The fourth-order valence-corrected chi connectivity index (χ4v) is 5.81. The predicted octanol–water partition coefficient (Wildman–Crippen LogP) is 1.44. The second kappa shape index (κ2) is 8.99. The van der Waals surface area contributed by atoms with Crippen molar-refractivity contribution >= 4 is 15.9 Å². The minimum Gasteiger partial charge on any atom is -0.350 e. The van der Waals surface area contributed by atoms with Gasteiger partial charge in [0, 0.05) is 38.0 Å². The van der Waals surface area contributed by atoms with Crippen LogP contribution in [-0.2, 0) is 24.3 Å². The zero-order valence-corrected chi connectivity index (χ0v) is 16.6. The van der Waals surface area contributed by atoms with E-state index in [-0.39, 0.29) is 23.9 Å². The molecule has 26 heavy (non-hydrogen) atoms. The molecule has 3 saturated heterocycles. The van der Waals surface area contributed by atoms with E-state index in [1.165, 1.54) is 0 Å². The average molecular weight is 389 g/mol. The minimum absolute atomic E-state index is 0.0387. The topological polar surface area (TPSA) is 76.2 Å². The molecule has 3 fully saturated rings. The SMILES string of the molecule is CCCCS(=O)(=O)N1CCC(C(=O)N2CCC(C3OCCO3)CC2)CC1. The smallest absolute Gasteiger partial charge is 0.225 e. The fraction of sp³-hybridized carbons (Fsp3) is 0.944. The Morgan fingerprint density at radius 1 is 1.00 bits per heavy atom. The molecular formula is C18H32N2O5S. The van der Waals surface area contributed by atoms with Crippen LogP contribution in [0.15, 0.2) is 0 Å².